The monoisotopic (exact) mass is 322 g/mol. The minimum atomic E-state index is -0.290. The second-order valence-electron chi connectivity index (χ2n) is 6.22. The number of likely N-dealkylation sites (tertiary alicyclic amines) is 1. The molecule has 0 radical (unpaired) electrons. The van der Waals surface area contributed by atoms with Crippen molar-refractivity contribution in [2.24, 2.45) is 0 Å². The van der Waals surface area contributed by atoms with Gasteiger partial charge in [0.25, 0.3) is 0 Å². The van der Waals surface area contributed by atoms with Gasteiger partial charge >= 0.3 is 0 Å². The Morgan fingerprint density at radius 1 is 1.45 bits per heavy atom. The van der Waals surface area contributed by atoms with E-state index in [4.69, 9.17) is 4.74 Å². The molecule has 2 aliphatic rings. The van der Waals surface area contributed by atoms with Crippen LogP contribution in [0.3, 0.4) is 0 Å². The highest BCUT2D eigenvalue weighted by atomic mass is 32.1. The van der Waals surface area contributed by atoms with Gasteiger partial charge in [-0.25, -0.2) is 0 Å². The molecule has 0 aromatic carbocycles. The Bertz CT molecular complexity index is 550. The number of likely N-dealkylation sites (N-methyl/N-ethyl adjacent to an activating group) is 1. The number of thiophene rings is 1. The fourth-order valence-electron chi connectivity index (χ4n) is 3.37. The van der Waals surface area contributed by atoms with Gasteiger partial charge < -0.3 is 14.5 Å². The van der Waals surface area contributed by atoms with E-state index in [-0.39, 0.29) is 30.1 Å². The van der Waals surface area contributed by atoms with Gasteiger partial charge in [-0.15, -0.1) is 0 Å². The summed E-state index contributed by atoms with van der Waals surface area (Å²) in [5, 5.41) is 4.02. The zero-order valence-corrected chi connectivity index (χ0v) is 13.9. The third kappa shape index (κ3) is 2.77. The fraction of sp³-hybridized carbons (Fsp3) is 0.625. The molecule has 3 rings (SSSR count). The van der Waals surface area contributed by atoms with Crippen LogP contribution < -0.4 is 0 Å². The molecule has 0 bridgehead atoms. The van der Waals surface area contributed by atoms with Gasteiger partial charge in [0.05, 0.1) is 18.1 Å². The predicted octanol–water partition coefficient (Wildman–Crippen LogP) is 1.53. The van der Waals surface area contributed by atoms with Crippen molar-refractivity contribution >= 4 is 23.2 Å². The summed E-state index contributed by atoms with van der Waals surface area (Å²) in [7, 11) is 1.84. The molecule has 0 saturated carbocycles. The maximum atomic E-state index is 12.4. The third-order valence-electron chi connectivity index (χ3n) is 5.12. The molecule has 120 valence electrons. The summed E-state index contributed by atoms with van der Waals surface area (Å²) in [5.41, 5.74) is 0.796. The molecule has 2 fully saturated rings. The summed E-state index contributed by atoms with van der Waals surface area (Å²) in [5.74, 6) is 0.218. The highest BCUT2D eigenvalue weighted by molar-refractivity contribution is 7.07. The number of rotatable bonds is 2. The average Bonchev–Trinajstić information content (AvgIpc) is 3.03. The van der Waals surface area contributed by atoms with E-state index in [1.165, 1.54) is 0 Å². The van der Waals surface area contributed by atoms with Crippen molar-refractivity contribution in [3.05, 3.63) is 22.4 Å². The minimum Gasteiger partial charge on any atom is -0.363 e. The molecule has 2 amide bonds. The lowest BCUT2D eigenvalue weighted by atomic mass is 9.82. The molecule has 6 heteroatoms. The van der Waals surface area contributed by atoms with Crippen LogP contribution in [0.15, 0.2) is 16.8 Å². The van der Waals surface area contributed by atoms with Crippen molar-refractivity contribution < 1.29 is 14.3 Å². The van der Waals surface area contributed by atoms with Gasteiger partial charge in [-0.05, 0) is 42.2 Å². The molecule has 0 N–H and O–H groups in total. The number of nitrogens with zero attached hydrogens (tertiary/aromatic N) is 2. The normalized spacial score (nSPS) is 24.8. The number of morpholine rings is 1. The number of amides is 2. The zero-order valence-electron chi connectivity index (χ0n) is 13.1. The Morgan fingerprint density at radius 2 is 2.18 bits per heavy atom. The van der Waals surface area contributed by atoms with Gasteiger partial charge in [-0.2, -0.15) is 11.3 Å². The number of carbonyl (C=O) groups is 2. The van der Waals surface area contributed by atoms with E-state index in [0.717, 1.165) is 18.4 Å². The molecule has 1 spiro atoms. The lowest BCUT2D eigenvalue weighted by molar-refractivity contribution is -0.184. The van der Waals surface area contributed by atoms with Gasteiger partial charge in [-0.1, -0.05) is 0 Å². The first-order valence-corrected chi connectivity index (χ1v) is 8.64. The molecule has 1 aromatic heterocycles. The van der Waals surface area contributed by atoms with Crippen molar-refractivity contribution in [2.75, 3.05) is 26.7 Å². The lowest BCUT2D eigenvalue weighted by Crippen LogP contribution is -2.63. The molecule has 2 aliphatic heterocycles. The van der Waals surface area contributed by atoms with Gasteiger partial charge in [0.1, 0.15) is 6.61 Å². The first kappa shape index (κ1) is 15.5. The average molecular weight is 322 g/mol. The molecule has 0 aliphatic carbocycles. The molecule has 5 nitrogen and oxygen atoms in total. The van der Waals surface area contributed by atoms with Gasteiger partial charge in [0, 0.05) is 20.1 Å². The Labute approximate surface area is 134 Å². The van der Waals surface area contributed by atoms with Gasteiger partial charge in [0.2, 0.25) is 11.8 Å². The van der Waals surface area contributed by atoms with Gasteiger partial charge in [0.15, 0.2) is 0 Å². The van der Waals surface area contributed by atoms with Crippen LogP contribution >= 0.6 is 11.3 Å². The summed E-state index contributed by atoms with van der Waals surface area (Å²) in [4.78, 5) is 27.8. The number of ether oxygens (including phenoxy) is 1. The lowest BCUT2D eigenvalue weighted by Gasteiger charge is -2.50. The Hall–Kier alpha value is -1.40. The molecule has 2 saturated heterocycles. The van der Waals surface area contributed by atoms with E-state index >= 15 is 0 Å². The number of hydrogen-bond donors (Lipinski definition) is 0. The Morgan fingerprint density at radius 3 is 2.82 bits per heavy atom. The highest BCUT2D eigenvalue weighted by Gasteiger charge is 2.47. The van der Waals surface area contributed by atoms with Crippen LogP contribution in [-0.4, -0.2) is 60.0 Å². The minimum absolute atomic E-state index is 0.0362. The smallest absolute Gasteiger partial charge is 0.248 e. The van der Waals surface area contributed by atoms with E-state index in [0.29, 0.717) is 19.5 Å². The molecular weight excluding hydrogens is 300 g/mol. The standard InChI is InChI=1S/C16H22N2O3S/c1-12-16(21-10-15(20)17(12)2)4-6-18(7-5-16)14(19)9-13-3-8-22-11-13/h3,8,11-12H,4-7,9-10H2,1-2H3/t12-/m1/s1. The van der Waals surface area contributed by atoms with Crippen LogP contribution in [0, 0.1) is 0 Å². The summed E-state index contributed by atoms with van der Waals surface area (Å²) in [6, 6.07) is 2.06. The number of hydrogen-bond acceptors (Lipinski definition) is 4. The first-order chi connectivity index (χ1) is 10.5. The maximum absolute atomic E-state index is 12.4. The molecule has 3 heterocycles. The van der Waals surface area contributed by atoms with Crippen LogP contribution in [0.5, 0.6) is 0 Å². The van der Waals surface area contributed by atoms with E-state index in [2.05, 4.69) is 0 Å². The van der Waals surface area contributed by atoms with Crippen molar-refractivity contribution in [3.63, 3.8) is 0 Å². The summed E-state index contributed by atoms with van der Waals surface area (Å²) in [6.07, 6.45) is 2.06. The molecule has 1 atom stereocenters. The van der Waals surface area contributed by atoms with Crippen LogP contribution in [0.4, 0.5) is 0 Å². The van der Waals surface area contributed by atoms with Crippen LogP contribution in [0.1, 0.15) is 25.3 Å². The van der Waals surface area contributed by atoms with E-state index in [1.807, 2.05) is 35.7 Å². The van der Waals surface area contributed by atoms with Crippen LogP contribution in [0.2, 0.25) is 0 Å². The first-order valence-electron chi connectivity index (χ1n) is 7.70. The predicted molar refractivity (Wildman–Crippen MR) is 84.8 cm³/mol. The highest BCUT2D eigenvalue weighted by Crippen LogP contribution is 2.35. The summed E-state index contributed by atoms with van der Waals surface area (Å²) >= 11 is 1.62. The SMILES string of the molecule is C[C@H]1N(C)C(=O)COC12CCN(C(=O)Cc1ccsc1)CC2. The van der Waals surface area contributed by atoms with Crippen molar-refractivity contribution in [2.45, 2.75) is 37.8 Å². The number of carbonyl (C=O) groups excluding carboxylic acids is 2. The molecular formula is C16H22N2O3S. The van der Waals surface area contributed by atoms with Crippen molar-refractivity contribution in [3.8, 4) is 0 Å². The topological polar surface area (TPSA) is 49.9 Å². The third-order valence-corrected chi connectivity index (χ3v) is 5.85. The molecule has 22 heavy (non-hydrogen) atoms. The fourth-order valence-corrected chi connectivity index (χ4v) is 4.04. The Balaban J connectivity index is 1.60. The molecule has 1 aromatic rings. The quantitative estimate of drug-likeness (QED) is 0.830. The van der Waals surface area contributed by atoms with Crippen LogP contribution in [-0.2, 0) is 20.7 Å². The Kier molecular flexibility index (Phi) is 4.23. The van der Waals surface area contributed by atoms with Crippen molar-refractivity contribution in [1.82, 2.24) is 9.80 Å². The maximum Gasteiger partial charge on any atom is 0.248 e. The van der Waals surface area contributed by atoms with Crippen LogP contribution in [0.25, 0.3) is 0 Å². The van der Waals surface area contributed by atoms with Crippen molar-refractivity contribution in [1.29, 1.82) is 0 Å². The largest absolute Gasteiger partial charge is 0.363 e. The van der Waals surface area contributed by atoms with E-state index in [9.17, 15) is 9.59 Å². The van der Waals surface area contributed by atoms with Gasteiger partial charge in [-0.3, -0.25) is 9.59 Å². The second-order valence-corrected chi connectivity index (χ2v) is 7.00. The molecule has 0 unspecified atom stereocenters. The summed E-state index contributed by atoms with van der Waals surface area (Å²) < 4.78 is 5.91. The van der Waals surface area contributed by atoms with E-state index < -0.39 is 0 Å². The zero-order chi connectivity index (χ0) is 15.7. The summed E-state index contributed by atoms with van der Waals surface area (Å²) in [6.45, 7) is 3.61. The number of piperidine rings is 1. The second kappa shape index (κ2) is 6.01. The van der Waals surface area contributed by atoms with E-state index in [1.54, 1.807) is 16.2 Å².